The van der Waals surface area contributed by atoms with Gasteiger partial charge in [-0.15, -0.1) is 11.8 Å². The van der Waals surface area contributed by atoms with Gasteiger partial charge in [-0.2, -0.15) is 0 Å². The fraction of sp³-hybridized carbons (Fsp3) is 0.278. The summed E-state index contributed by atoms with van der Waals surface area (Å²) >= 11 is 1.57. The highest BCUT2D eigenvalue weighted by molar-refractivity contribution is 8.01. The fourth-order valence-corrected chi connectivity index (χ4v) is 4.45. The maximum absolute atomic E-state index is 11.5. The number of thioether (sulfide) groups is 1. The fourth-order valence-electron chi connectivity index (χ4n) is 2.93. The van der Waals surface area contributed by atoms with Crippen molar-refractivity contribution in [2.24, 2.45) is 0 Å². The Bertz CT molecular complexity index is 620. The Morgan fingerprint density at radius 3 is 2.10 bits per heavy atom. The molecule has 2 aromatic rings. The van der Waals surface area contributed by atoms with Crippen LogP contribution in [0.15, 0.2) is 48.5 Å². The van der Waals surface area contributed by atoms with Crippen molar-refractivity contribution in [3.63, 3.8) is 0 Å². The van der Waals surface area contributed by atoms with Crippen LogP contribution in [0.1, 0.15) is 36.1 Å². The van der Waals surface area contributed by atoms with Crippen molar-refractivity contribution < 1.29 is 9.90 Å². The summed E-state index contributed by atoms with van der Waals surface area (Å²) in [6, 6.07) is 16.7. The maximum Gasteiger partial charge on any atom is 0.316 e. The van der Waals surface area contributed by atoms with Gasteiger partial charge in [-0.05, 0) is 28.7 Å². The summed E-state index contributed by atoms with van der Waals surface area (Å²) in [5, 5.41) is 9.22. The van der Waals surface area contributed by atoms with Gasteiger partial charge in [-0.3, -0.25) is 4.79 Å². The third-order valence-electron chi connectivity index (χ3n) is 3.90. The molecular weight excluding hydrogens is 280 g/mol. The predicted octanol–water partition coefficient (Wildman–Crippen LogP) is 4.74. The lowest BCUT2D eigenvalue weighted by atomic mass is 10.1. The van der Waals surface area contributed by atoms with E-state index >= 15 is 0 Å². The summed E-state index contributed by atoms with van der Waals surface area (Å²) in [7, 11) is 0. The van der Waals surface area contributed by atoms with Crippen LogP contribution >= 0.6 is 11.8 Å². The van der Waals surface area contributed by atoms with E-state index in [1.165, 1.54) is 22.3 Å². The predicted molar refractivity (Wildman–Crippen MR) is 87.6 cm³/mol. The number of benzene rings is 2. The third kappa shape index (κ3) is 2.58. The minimum absolute atomic E-state index is 0.130. The summed E-state index contributed by atoms with van der Waals surface area (Å²) in [6.07, 6.45) is 1.60. The summed E-state index contributed by atoms with van der Waals surface area (Å²) in [5.74, 6) is -0.705. The van der Waals surface area contributed by atoms with E-state index in [-0.39, 0.29) is 10.5 Å². The molecule has 1 aliphatic rings. The van der Waals surface area contributed by atoms with Crippen LogP contribution in [0.5, 0.6) is 0 Å². The lowest BCUT2D eigenvalue weighted by Gasteiger charge is -2.18. The molecule has 0 aliphatic heterocycles. The third-order valence-corrected chi connectivity index (χ3v) is 5.45. The van der Waals surface area contributed by atoms with E-state index in [1.54, 1.807) is 11.8 Å². The number of rotatable bonds is 5. The summed E-state index contributed by atoms with van der Waals surface area (Å²) in [5.41, 5.74) is 4.97. The largest absolute Gasteiger partial charge is 0.480 e. The number of carbonyl (C=O) groups is 1. The Kier molecular flexibility index (Phi) is 4.02. The molecule has 0 heterocycles. The minimum Gasteiger partial charge on any atom is -0.480 e. The second-order valence-corrected chi connectivity index (χ2v) is 6.62. The SMILES string of the molecule is CCCC(SC1c2ccccc2-c2ccccc21)C(=O)O. The summed E-state index contributed by atoms with van der Waals surface area (Å²) < 4.78 is 0. The zero-order valence-corrected chi connectivity index (χ0v) is 12.8. The van der Waals surface area contributed by atoms with Crippen LogP contribution in [0, 0.1) is 0 Å². The first-order valence-corrected chi connectivity index (χ1v) is 8.23. The van der Waals surface area contributed by atoms with Crippen molar-refractivity contribution in [3.05, 3.63) is 59.7 Å². The van der Waals surface area contributed by atoms with Crippen molar-refractivity contribution in [1.29, 1.82) is 0 Å². The monoisotopic (exact) mass is 298 g/mol. The van der Waals surface area contributed by atoms with Gasteiger partial charge < -0.3 is 5.11 Å². The number of carboxylic acid groups (broad SMARTS) is 1. The van der Waals surface area contributed by atoms with Crippen molar-refractivity contribution in [2.75, 3.05) is 0 Å². The van der Waals surface area contributed by atoms with Crippen molar-refractivity contribution in [3.8, 4) is 11.1 Å². The van der Waals surface area contributed by atoms with Crippen LogP contribution in [-0.4, -0.2) is 16.3 Å². The lowest BCUT2D eigenvalue weighted by molar-refractivity contribution is -0.136. The van der Waals surface area contributed by atoms with Crippen molar-refractivity contribution in [2.45, 2.75) is 30.3 Å². The van der Waals surface area contributed by atoms with Gasteiger partial charge in [0.1, 0.15) is 5.25 Å². The molecule has 0 amide bonds. The van der Waals surface area contributed by atoms with Crippen LogP contribution in [0.3, 0.4) is 0 Å². The van der Waals surface area contributed by atoms with Gasteiger partial charge in [-0.25, -0.2) is 0 Å². The smallest absolute Gasteiger partial charge is 0.316 e. The highest BCUT2D eigenvalue weighted by Gasteiger charge is 2.32. The van der Waals surface area contributed by atoms with Gasteiger partial charge in [0, 0.05) is 0 Å². The first kappa shape index (κ1) is 14.2. The Morgan fingerprint density at radius 1 is 1.10 bits per heavy atom. The zero-order chi connectivity index (χ0) is 14.8. The van der Waals surface area contributed by atoms with Crippen molar-refractivity contribution >= 4 is 17.7 Å². The first-order valence-electron chi connectivity index (χ1n) is 7.29. The quantitative estimate of drug-likeness (QED) is 0.866. The number of carboxylic acids is 1. The van der Waals surface area contributed by atoms with E-state index in [2.05, 4.69) is 24.3 Å². The number of hydrogen-bond donors (Lipinski definition) is 1. The van der Waals surface area contributed by atoms with Gasteiger partial charge in [0.2, 0.25) is 0 Å². The highest BCUT2D eigenvalue weighted by atomic mass is 32.2. The Labute approximate surface area is 129 Å². The van der Waals surface area contributed by atoms with Crippen molar-refractivity contribution in [1.82, 2.24) is 0 Å². The molecule has 0 radical (unpaired) electrons. The molecule has 0 fully saturated rings. The Balaban J connectivity index is 2.00. The lowest BCUT2D eigenvalue weighted by Crippen LogP contribution is -2.17. The second kappa shape index (κ2) is 5.94. The normalized spacial score (nSPS) is 14.5. The van der Waals surface area contributed by atoms with Gasteiger partial charge in [0.05, 0.1) is 5.25 Å². The standard InChI is InChI=1S/C18H18O2S/c1-2-7-16(18(19)20)21-17-14-10-5-3-8-12(14)13-9-4-6-11-15(13)17/h3-6,8-11,16-17H,2,7H2,1H3,(H,19,20). The highest BCUT2D eigenvalue weighted by Crippen LogP contribution is 2.51. The molecule has 21 heavy (non-hydrogen) atoms. The summed E-state index contributed by atoms with van der Waals surface area (Å²) in [6.45, 7) is 2.03. The molecule has 3 rings (SSSR count). The van der Waals surface area contributed by atoms with Gasteiger partial charge in [0.15, 0.2) is 0 Å². The molecule has 1 aliphatic carbocycles. The molecule has 3 heteroatoms. The maximum atomic E-state index is 11.5. The van der Waals surface area contributed by atoms with Gasteiger partial charge in [-0.1, -0.05) is 61.9 Å². The Hall–Kier alpha value is -1.74. The van der Waals surface area contributed by atoms with Crippen LogP contribution in [-0.2, 0) is 4.79 Å². The van der Waals surface area contributed by atoms with Crippen LogP contribution in [0.4, 0.5) is 0 Å². The van der Waals surface area contributed by atoms with Crippen LogP contribution in [0.2, 0.25) is 0 Å². The van der Waals surface area contributed by atoms with E-state index in [4.69, 9.17) is 0 Å². The zero-order valence-electron chi connectivity index (χ0n) is 12.0. The van der Waals surface area contributed by atoms with Crippen LogP contribution < -0.4 is 0 Å². The molecule has 0 saturated carbocycles. The van der Waals surface area contributed by atoms with E-state index < -0.39 is 5.97 Å². The van der Waals surface area contributed by atoms with Gasteiger partial charge in [0.25, 0.3) is 0 Å². The molecule has 108 valence electrons. The molecule has 2 nitrogen and oxygen atoms in total. The van der Waals surface area contributed by atoms with E-state index in [0.29, 0.717) is 6.42 Å². The molecule has 1 unspecified atom stereocenters. The number of fused-ring (bicyclic) bond motifs is 3. The molecular formula is C18H18O2S. The molecule has 2 aromatic carbocycles. The van der Waals surface area contributed by atoms with Gasteiger partial charge >= 0.3 is 5.97 Å². The molecule has 0 saturated heterocycles. The Morgan fingerprint density at radius 2 is 1.62 bits per heavy atom. The average Bonchev–Trinajstić information content (AvgIpc) is 2.81. The minimum atomic E-state index is -0.705. The second-order valence-electron chi connectivity index (χ2n) is 5.31. The molecule has 0 bridgehead atoms. The summed E-state index contributed by atoms with van der Waals surface area (Å²) in [4.78, 5) is 11.5. The average molecular weight is 298 g/mol. The van der Waals surface area contributed by atoms with E-state index in [0.717, 1.165) is 6.42 Å². The molecule has 1 N–H and O–H groups in total. The van der Waals surface area contributed by atoms with E-state index in [9.17, 15) is 9.90 Å². The first-order chi connectivity index (χ1) is 10.2. The van der Waals surface area contributed by atoms with E-state index in [1.807, 2.05) is 31.2 Å². The molecule has 1 atom stereocenters. The van der Waals surface area contributed by atoms with Crippen LogP contribution in [0.25, 0.3) is 11.1 Å². The number of aliphatic carboxylic acids is 1. The number of hydrogen-bond acceptors (Lipinski definition) is 2. The molecule has 0 spiro atoms. The molecule has 0 aromatic heterocycles. The topological polar surface area (TPSA) is 37.3 Å².